The zero-order valence-electron chi connectivity index (χ0n) is 13.8. The molecule has 0 saturated carbocycles. The quantitative estimate of drug-likeness (QED) is 0.940. The number of aliphatic imine (C=N–C) groups is 1. The second kappa shape index (κ2) is 7.05. The maximum Gasteiger partial charge on any atom is 0.293 e. The van der Waals surface area contributed by atoms with Crippen molar-refractivity contribution in [2.75, 3.05) is 19.7 Å². The Bertz CT molecular complexity index is 681. The molecule has 0 bridgehead atoms. The van der Waals surface area contributed by atoms with E-state index in [1.807, 2.05) is 30.3 Å². The van der Waals surface area contributed by atoms with Crippen molar-refractivity contribution >= 4 is 11.7 Å². The summed E-state index contributed by atoms with van der Waals surface area (Å²) in [5.74, 6) is 0. The highest BCUT2D eigenvalue weighted by molar-refractivity contribution is 5.79. The van der Waals surface area contributed by atoms with Crippen molar-refractivity contribution in [3.8, 4) is 0 Å². The number of ether oxygens (including phenoxy) is 1. The van der Waals surface area contributed by atoms with Gasteiger partial charge in [0.15, 0.2) is 0 Å². The van der Waals surface area contributed by atoms with Crippen LogP contribution >= 0.6 is 0 Å². The molecule has 4 nitrogen and oxygen atoms in total. The van der Waals surface area contributed by atoms with Gasteiger partial charge in [0.1, 0.15) is 6.61 Å². The summed E-state index contributed by atoms with van der Waals surface area (Å²) in [4.78, 5) is 7.20. The van der Waals surface area contributed by atoms with Crippen molar-refractivity contribution in [2.45, 2.75) is 24.9 Å². The first-order valence-electron chi connectivity index (χ1n) is 8.72. The predicted molar refractivity (Wildman–Crippen MR) is 96.4 cm³/mol. The van der Waals surface area contributed by atoms with Crippen LogP contribution in [0.5, 0.6) is 0 Å². The summed E-state index contributed by atoms with van der Waals surface area (Å²) in [6.07, 6.45) is 2.25. The van der Waals surface area contributed by atoms with E-state index in [2.05, 4.69) is 40.5 Å². The molecule has 124 valence electrons. The van der Waals surface area contributed by atoms with Crippen molar-refractivity contribution in [1.82, 2.24) is 10.2 Å². The van der Waals surface area contributed by atoms with E-state index in [0.29, 0.717) is 12.6 Å². The summed E-state index contributed by atoms with van der Waals surface area (Å²) >= 11 is 0. The second-order valence-corrected chi connectivity index (χ2v) is 6.36. The number of piperidine rings is 1. The van der Waals surface area contributed by atoms with Crippen LogP contribution in [0.25, 0.3) is 0 Å². The average molecular weight is 321 g/mol. The molecule has 0 spiro atoms. The number of nitrogens with one attached hydrogen (secondary N) is 1. The Hall–Kier alpha value is -2.33. The highest BCUT2D eigenvalue weighted by Crippen LogP contribution is 2.33. The lowest BCUT2D eigenvalue weighted by Crippen LogP contribution is -2.45. The Morgan fingerprint density at radius 1 is 0.917 bits per heavy atom. The number of rotatable bonds is 3. The molecule has 2 heterocycles. The summed E-state index contributed by atoms with van der Waals surface area (Å²) in [5, 5.41) is 3.45. The topological polar surface area (TPSA) is 36.9 Å². The zero-order chi connectivity index (χ0) is 16.2. The summed E-state index contributed by atoms with van der Waals surface area (Å²) in [6.45, 7) is 2.78. The third-order valence-corrected chi connectivity index (χ3v) is 4.79. The summed E-state index contributed by atoms with van der Waals surface area (Å²) < 4.78 is 6.05. The monoisotopic (exact) mass is 321 g/mol. The third kappa shape index (κ3) is 3.15. The Kier molecular flexibility index (Phi) is 4.47. The van der Waals surface area contributed by atoms with Crippen LogP contribution in [0.15, 0.2) is 65.7 Å². The minimum atomic E-state index is 0.247. The molecule has 4 rings (SSSR count). The van der Waals surface area contributed by atoms with E-state index in [9.17, 15) is 0 Å². The molecule has 24 heavy (non-hydrogen) atoms. The fourth-order valence-electron chi connectivity index (χ4n) is 3.57. The molecular weight excluding hydrogens is 298 g/mol. The van der Waals surface area contributed by atoms with Crippen LogP contribution in [-0.4, -0.2) is 36.7 Å². The lowest BCUT2D eigenvalue weighted by atomic mass is 10.00. The molecule has 2 aliphatic rings. The van der Waals surface area contributed by atoms with Crippen LogP contribution in [0.1, 0.15) is 24.4 Å². The molecule has 4 heteroatoms. The van der Waals surface area contributed by atoms with Gasteiger partial charge < -0.3 is 15.0 Å². The van der Waals surface area contributed by atoms with Gasteiger partial charge in [0.2, 0.25) is 0 Å². The molecule has 2 fully saturated rings. The molecule has 0 amide bonds. The molecule has 2 aliphatic heterocycles. The van der Waals surface area contributed by atoms with Crippen LogP contribution in [0.4, 0.5) is 5.69 Å². The number of amidine groups is 1. The predicted octanol–water partition coefficient (Wildman–Crippen LogP) is 3.50. The summed E-state index contributed by atoms with van der Waals surface area (Å²) in [5.41, 5.74) is 2.24. The molecule has 0 unspecified atom stereocenters. The molecule has 1 atom stereocenters. The Balaban J connectivity index is 1.67. The van der Waals surface area contributed by atoms with Gasteiger partial charge in [-0.25, -0.2) is 0 Å². The van der Waals surface area contributed by atoms with Gasteiger partial charge in [-0.2, -0.15) is 4.99 Å². The Morgan fingerprint density at radius 2 is 1.58 bits per heavy atom. The van der Waals surface area contributed by atoms with Crippen molar-refractivity contribution in [1.29, 1.82) is 0 Å². The maximum atomic E-state index is 6.05. The van der Waals surface area contributed by atoms with Gasteiger partial charge in [-0.1, -0.05) is 48.5 Å². The number of benzene rings is 2. The number of hydrogen-bond acceptors (Lipinski definition) is 3. The maximum absolute atomic E-state index is 6.05. The molecule has 2 aromatic rings. The highest BCUT2D eigenvalue weighted by atomic mass is 16.5. The van der Waals surface area contributed by atoms with Gasteiger partial charge in [-0.05, 0) is 43.6 Å². The highest BCUT2D eigenvalue weighted by Gasteiger charge is 2.37. The lowest BCUT2D eigenvalue weighted by Gasteiger charge is -2.35. The van der Waals surface area contributed by atoms with E-state index in [-0.39, 0.29) is 6.04 Å². The Morgan fingerprint density at radius 3 is 2.29 bits per heavy atom. The number of hydrogen-bond donors (Lipinski definition) is 1. The summed E-state index contributed by atoms with van der Waals surface area (Å²) in [6, 6.07) is 22.2. The fourth-order valence-corrected chi connectivity index (χ4v) is 3.57. The third-order valence-electron chi connectivity index (χ3n) is 4.79. The van der Waals surface area contributed by atoms with E-state index in [1.165, 1.54) is 5.56 Å². The van der Waals surface area contributed by atoms with E-state index >= 15 is 0 Å². The van der Waals surface area contributed by atoms with Crippen molar-refractivity contribution in [3.63, 3.8) is 0 Å². The van der Waals surface area contributed by atoms with Crippen LogP contribution in [0.2, 0.25) is 0 Å². The van der Waals surface area contributed by atoms with Gasteiger partial charge in [0, 0.05) is 6.04 Å². The summed E-state index contributed by atoms with van der Waals surface area (Å²) in [7, 11) is 0. The van der Waals surface area contributed by atoms with Gasteiger partial charge in [-0.3, -0.25) is 0 Å². The van der Waals surface area contributed by atoms with Crippen molar-refractivity contribution < 1.29 is 4.74 Å². The molecule has 1 N–H and O–H groups in total. The molecule has 0 aromatic heterocycles. The van der Waals surface area contributed by atoms with Crippen LogP contribution in [0.3, 0.4) is 0 Å². The van der Waals surface area contributed by atoms with E-state index < -0.39 is 0 Å². The van der Waals surface area contributed by atoms with E-state index in [4.69, 9.17) is 9.73 Å². The van der Waals surface area contributed by atoms with Gasteiger partial charge >= 0.3 is 0 Å². The lowest BCUT2D eigenvalue weighted by molar-refractivity contribution is 0.218. The van der Waals surface area contributed by atoms with E-state index in [0.717, 1.165) is 37.6 Å². The van der Waals surface area contributed by atoms with Crippen LogP contribution in [-0.2, 0) is 4.74 Å². The largest absolute Gasteiger partial charge is 0.462 e. The Labute approximate surface area is 143 Å². The van der Waals surface area contributed by atoms with Gasteiger partial charge in [0.25, 0.3) is 6.02 Å². The van der Waals surface area contributed by atoms with E-state index in [1.54, 1.807) is 0 Å². The standard InChI is InChI=1S/C20H23N3O/c1-3-7-16(8-4-1)19-15-24-20(22-17-9-5-2-6-10-17)23(19)18-11-13-21-14-12-18/h1-10,18-19,21H,11-15H2/b22-20+/t19-/m0/s1. The first-order valence-corrected chi connectivity index (χ1v) is 8.72. The first kappa shape index (κ1) is 15.2. The molecule has 0 radical (unpaired) electrons. The average Bonchev–Trinajstić information content (AvgIpc) is 3.07. The zero-order valence-corrected chi connectivity index (χ0v) is 13.8. The van der Waals surface area contributed by atoms with Crippen LogP contribution in [0, 0.1) is 0 Å². The minimum absolute atomic E-state index is 0.247. The van der Waals surface area contributed by atoms with Gasteiger partial charge in [-0.15, -0.1) is 0 Å². The number of para-hydroxylation sites is 1. The van der Waals surface area contributed by atoms with Gasteiger partial charge in [0.05, 0.1) is 11.7 Å². The smallest absolute Gasteiger partial charge is 0.293 e. The molecule has 2 aromatic carbocycles. The molecule has 2 saturated heterocycles. The second-order valence-electron chi connectivity index (χ2n) is 6.36. The molecule has 0 aliphatic carbocycles. The first-order chi connectivity index (χ1) is 11.9. The number of nitrogens with zero attached hydrogens (tertiary/aromatic N) is 2. The molecular formula is C20H23N3O. The van der Waals surface area contributed by atoms with Crippen molar-refractivity contribution in [2.24, 2.45) is 4.99 Å². The minimum Gasteiger partial charge on any atom is -0.462 e. The fraction of sp³-hybridized carbons (Fsp3) is 0.350. The normalized spacial score (nSPS) is 23.4. The SMILES string of the molecule is c1ccc(/N=C2/OC[C@@H](c3ccccc3)N2C2CCNCC2)cc1. The van der Waals surface area contributed by atoms with Crippen molar-refractivity contribution in [3.05, 3.63) is 66.2 Å². The van der Waals surface area contributed by atoms with Crippen LogP contribution < -0.4 is 5.32 Å².